The van der Waals surface area contributed by atoms with Crippen LogP contribution in [0.2, 0.25) is 0 Å². The molecule has 2 N–H and O–H groups in total. The monoisotopic (exact) mass is 261 g/mol. The third kappa shape index (κ3) is 2.39. The smallest absolute Gasteiger partial charge is 0.234 e. The molecule has 104 valence electrons. The molecule has 3 heteroatoms. The Morgan fingerprint density at radius 2 is 1.95 bits per heavy atom. The van der Waals surface area contributed by atoms with Crippen LogP contribution in [0.5, 0.6) is 0 Å². The van der Waals surface area contributed by atoms with E-state index >= 15 is 0 Å². The minimum Gasteiger partial charge on any atom is -0.388 e. The van der Waals surface area contributed by atoms with Gasteiger partial charge in [0.25, 0.3) is 0 Å². The molecule has 1 heterocycles. The number of hydrogen-bond donors (Lipinski definition) is 2. The van der Waals surface area contributed by atoms with Crippen molar-refractivity contribution in [3.05, 3.63) is 28.8 Å². The zero-order valence-electron chi connectivity index (χ0n) is 12.4. The quantitative estimate of drug-likeness (QED) is 0.877. The average Bonchev–Trinajstić information content (AvgIpc) is 2.50. The van der Waals surface area contributed by atoms with Gasteiger partial charge in [-0.05, 0) is 38.7 Å². The van der Waals surface area contributed by atoms with Crippen LogP contribution in [0, 0.1) is 12.8 Å². The van der Waals surface area contributed by atoms with Crippen molar-refractivity contribution < 1.29 is 9.90 Å². The Hall–Kier alpha value is -1.35. The van der Waals surface area contributed by atoms with Crippen LogP contribution in [0.15, 0.2) is 12.1 Å². The Morgan fingerprint density at radius 3 is 2.53 bits per heavy atom. The van der Waals surface area contributed by atoms with Crippen LogP contribution in [-0.2, 0) is 10.2 Å². The van der Waals surface area contributed by atoms with Crippen molar-refractivity contribution in [3.8, 4) is 0 Å². The summed E-state index contributed by atoms with van der Waals surface area (Å²) in [5.41, 5.74) is 3.22. The summed E-state index contributed by atoms with van der Waals surface area (Å²) in [6.07, 6.45) is 0.175. The zero-order chi connectivity index (χ0) is 14.4. The molecule has 1 aliphatic rings. The molecule has 0 spiro atoms. The number of anilines is 1. The first-order valence-electron chi connectivity index (χ1n) is 6.88. The Bertz CT molecular complexity index is 518. The maximum absolute atomic E-state index is 12.1. The molecule has 2 rings (SSSR count). The number of aliphatic hydroxyl groups is 1. The predicted molar refractivity (Wildman–Crippen MR) is 77.2 cm³/mol. The summed E-state index contributed by atoms with van der Waals surface area (Å²) in [6, 6.07) is 4.02. The van der Waals surface area contributed by atoms with Gasteiger partial charge in [0, 0.05) is 5.56 Å². The van der Waals surface area contributed by atoms with E-state index in [4.69, 9.17) is 0 Å². The van der Waals surface area contributed by atoms with Gasteiger partial charge in [-0.15, -0.1) is 0 Å². The van der Waals surface area contributed by atoms with Gasteiger partial charge in [-0.2, -0.15) is 0 Å². The van der Waals surface area contributed by atoms with Crippen molar-refractivity contribution in [2.75, 3.05) is 5.32 Å². The third-order valence-corrected chi connectivity index (χ3v) is 3.85. The van der Waals surface area contributed by atoms with Crippen LogP contribution in [0.1, 0.15) is 56.9 Å². The number of fused-ring (bicyclic) bond motifs is 1. The molecule has 0 bridgehead atoms. The number of aryl methyl sites for hydroxylation is 1. The van der Waals surface area contributed by atoms with Crippen LogP contribution >= 0.6 is 0 Å². The van der Waals surface area contributed by atoms with Gasteiger partial charge in [0.05, 0.1) is 17.2 Å². The van der Waals surface area contributed by atoms with Gasteiger partial charge >= 0.3 is 0 Å². The number of aliphatic hydroxyl groups excluding tert-OH is 1. The van der Waals surface area contributed by atoms with E-state index in [0.29, 0.717) is 12.3 Å². The van der Waals surface area contributed by atoms with E-state index in [-0.39, 0.29) is 5.91 Å². The lowest BCUT2D eigenvalue weighted by atomic mass is 9.83. The zero-order valence-corrected chi connectivity index (χ0v) is 12.4. The summed E-state index contributed by atoms with van der Waals surface area (Å²) in [5, 5.41) is 13.3. The Labute approximate surface area is 115 Å². The highest BCUT2D eigenvalue weighted by molar-refractivity contribution is 6.06. The van der Waals surface area contributed by atoms with Gasteiger partial charge in [0.1, 0.15) is 0 Å². The average molecular weight is 261 g/mol. The maximum Gasteiger partial charge on any atom is 0.234 e. The third-order valence-electron chi connectivity index (χ3n) is 3.85. The number of carbonyl (C=O) groups is 1. The maximum atomic E-state index is 12.1. The number of nitrogens with one attached hydrogen (secondary N) is 1. The summed E-state index contributed by atoms with van der Waals surface area (Å²) >= 11 is 0. The highest BCUT2D eigenvalue weighted by Crippen LogP contribution is 2.42. The topological polar surface area (TPSA) is 49.3 Å². The molecular formula is C16H23NO2. The van der Waals surface area contributed by atoms with Crippen molar-refractivity contribution >= 4 is 11.6 Å². The fourth-order valence-electron chi connectivity index (χ4n) is 2.68. The Morgan fingerprint density at radius 1 is 1.32 bits per heavy atom. The van der Waals surface area contributed by atoms with Gasteiger partial charge in [-0.25, -0.2) is 0 Å². The van der Waals surface area contributed by atoms with Gasteiger partial charge < -0.3 is 10.4 Å². The first-order valence-corrected chi connectivity index (χ1v) is 6.88. The molecule has 0 aromatic heterocycles. The molecule has 1 atom stereocenters. The summed E-state index contributed by atoms with van der Waals surface area (Å²) < 4.78 is 0. The van der Waals surface area contributed by atoms with Crippen LogP contribution < -0.4 is 5.32 Å². The second kappa shape index (κ2) is 4.64. The van der Waals surface area contributed by atoms with Crippen molar-refractivity contribution in [3.63, 3.8) is 0 Å². The van der Waals surface area contributed by atoms with Crippen molar-refractivity contribution in [2.45, 2.75) is 52.6 Å². The van der Waals surface area contributed by atoms with Crippen LogP contribution in [0.4, 0.5) is 5.69 Å². The number of hydrogen-bond acceptors (Lipinski definition) is 2. The van der Waals surface area contributed by atoms with Gasteiger partial charge in [-0.1, -0.05) is 31.5 Å². The predicted octanol–water partition coefficient (Wildman–Crippen LogP) is 3.30. The number of benzene rings is 1. The van der Waals surface area contributed by atoms with E-state index in [1.54, 1.807) is 0 Å². The lowest BCUT2D eigenvalue weighted by molar-refractivity contribution is -0.119. The summed E-state index contributed by atoms with van der Waals surface area (Å²) in [7, 11) is 0. The van der Waals surface area contributed by atoms with E-state index in [2.05, 4.69) is 19.2 Å². The largest absolute Gasteiger partial charge is 0.388 e. The van der Waals surface area contributed by atoms with Crippen LogP contribution in [-0.4, -0.2) is 11.0 Å². The second-order valence-electron chi connectivity index (χ2n) is 6.50. The molecule has 0 aliphatic carbocycles. The van der Waals surface area contributed by atoms with E-state index < -0.39 is 11.5 Å². The highest BCUT2D eigenvalue weighted by atomic mass is 16.3. The fourth-order valence-corrected chi connectivity index (χ4v) is 2.68. The second-order valence-corrected chi connectivity index (χ2v) is 6.50. The number of amides is 1. The van der Waals surface area contributed by atoms with Gasteiger partial charge in [0.2, 0.25) is 5.91 Å². The highest BCUT2D eigenvalue weighted by Gasteiger charge is 2.40. The van der Waals surface area contributed by atoms with E-state index in [1.807, 2.05) is 32.9 Å². The van der Waals surface area contributed by atoms with Gasteiger partial charge in [-0.3, -0.25) is 4.79 Å². The minimum absolute atomic E-state index is 0.00565. The molecule has 1 aliphatic heterocycles. The lowest BCUT2D eigenvalue weighted by Crippen LogP contribution is -2.26. The molecule has 19 heavy (non-hydrogen) atoms. The molecule has 1 amide bonds. The molecule has 0 fully saturated rings. The van der Waals surface area contributed by atoms with Gasteiger partial charge in [0.15, 0.2) is 0 Å². The van der Waals surface area contributed by atoms with E-state index in [0.717, 1.165) is 22.4 Å². The van der Waals surface area contributed by atoms with Crippen LogP contribution in [0.25, 0.3) is 0 Å². The fraction of sp³-hybridized carbons (Fsp3) is 0.562. The molecule has 1 aromatic carbocycles. The molecule has 1 unspecified atom stereocenters. The summed E-state index contributed by atoms with van der Waals surface area (Å²) in [6.45, 7) is 10.0. The standard InChI is InChI=1S/C16H23NO2/c1-9(2)6-13(18)11-7-10(3)8-12-14(11)17-15(19)16(12,4)5/h7-9,13,18H,6H2,1-5H3,(H,17,19). The van der Waals surface area contributed by atoms with Crippen molar-refractivity contribution in [1.82, 2.24) is 0 Å². The Balaban J connectivity index is 2.51. The van der Waals surface area contributed by atoms with E-state index in [1.165, 1.54) is 0 Å². The van der Waals surface area contributed by atoms with Crippen molar-refractivity contribution in [1.29, 1.82) is 0 Å². The molecular weight excluding hydrogens is 238 g/mol. The first kappa shape index (κ1) is 14.1. The lowest BCUT2D eigenvalue weighted by Gasteiger charge is -2.19. The van der Waals surface area contributed by atoms with Crippen LogP contribution in [0.3, 0.4) is 0 Å². The Kier molecular flexibility index (Phi) is 3.43. The number of carbonyl (C=O) groups excluding carboxylic acids is 1. The minimum atomic E-state index is -0.525. The molecule has 3 nitrogen and oxygen atoms in total. The molecule has 1 aromatic rings. The van der Waals surface area contributed by atoms with Crippen molar-refractivity contribution in [2.24, 2.45) is 5.92 Å². The summed E-state index contributed by atoms with van der Waals surface area (Å²) in [5.74, 6) is 0.419. The molecule has 0 saturated carbocycles. The first-order chi connectivity index (χ1) is 8.73. The summed E-state index contributed by atoms with van der Waals surface area (Å²) in [4.78, 5) is 12.1. The number of rotatable bonds is 3. The normalized spacial score (nSPS) is 18.4. The van der Waals surface area contributed by atoms with E-state index in [9.17, 15) is 9.90 Å². The molecule has 0 radical (unpaired) electrons. The molecule has 0 saturated heterocycles. The SMILES string of the molecule is Cc1cc(C(O)CC(C)C)c2c(c1)C(C)(C)C(=O)N2.